The van der Waals surface area contributed by atoms with Crippen molar-refractivity contribution in [2.45, 2.75) is 24.9 Å². The van der Waals surface area contributed by atoms with E-state index in [9.17, 15) is 4.79 Å². The van der Waals surface area contributed by atoms with Crippen LogP contribution in [0.1, 0.15) is 18.9 Å². The molecule has 2 fully saturated rings. The molecule has 5 heterocycles. The molecule has 0 aliphatic carbocycles. The first-order chi connectivity index (χ1) is 20.5. The Morgan fingerprint density at radius 1 is 1.26 bits per heavy atom. The molecule has 3 aromatic heterocycles. The van der Waals surface area contributed by atoms with Crippen LogP contribution in [-0.4, -0.2) is 107 Å². The first-order valence-corrected chi connectivity index (χ1v) is 14.2. The first kappa shape index (κ1) is 28.2. The molecule has 0 saturated carbocycles. The number of fused-ring (bicyclic) bond motifs is 1. The maximum Gasteiger partial charge on any atom is 0.244 e. The highest BCUT2D eigenvalue weighted by atomic mass is 19.1. The van der Waals surface area contributed by atoms with Gasteiger partial charge < -0.3 is 30.0 Å². The van der Waals surface area contributed by atoms with Gasteiger partial charge in [-0.2, -0.15) is 5.10 Å². The molecule has 2 saturated heterocycles. The van der Waals surface area contributed by atoms with Gasteiger partial charge in [0.15, 0.2) is 5.82 Å². The number of carbonyl (C=O) groups is 1. The van der Waals surface area contributed by atoms with Gasteiger partial charge in [0.25, 0.3) is 0 Å². The summed E-state index contributed by atoms with van der Waals surface area (Å²) < 4.78 is 27.9. The van der Waals surface area contributed by atoms with Crippen LogP contribution < -0.4 is 10.6 Å². The second kappa shape index (κ2) is 12.5. The van der Waals surface area contributed by atoms with Gasteiger partial charge in [-0.05, 0) is 26.0 Å². The molecule has 0 radical (unpaired) electrons. The molecule has 1 aromatic carbocycles. The Morgan fingerprint density at radius 2 is 2.12 bits per heavy atom. The van der Waals surface area contributed by atoms with Gasteiger partial charge in [0.1, 0.15) is 11.7 Å². The lowest BCUT2D eigenvalue weighted by atomic mass is 10.1. The highest BCUT2D eigenvalue weighted by molar-refractivity contribution is 6.06. The Balaban J connectivity index is 1.22. The topological polar surface area (TPSA) is 125 Å². The summed E-state index contributed by atoms with van der Waals surface area (Å²) in [4.78, 5) is 29.7. The molecular weight excluding hydrogens is 541 g/mol. The van der Waals surface area contributed by atoms with E-state index >= 15 is 4.39 Å². The zero-order valence-electron chi connectivity index (χ0n) is 23.8. The van der Waals surface area contributed by atoms with Crippen LogP contribution in [0, 0.1) is 5.82 Å². The summed E-state index contributed by atoms with van der Waals surface area (Å²) in [5.41, 5.74) is 2.69. The van der Waals surface area contributed by atoms with Crippen molar-refractivity contribution in [3.8, 4) is 11.3 Å². The van der Waals surface area contributed by atoms with Crippen LogP contribution in [0.25, 0.3) is 22.2 Å². The Labute approximate surface area is 243 Å². The van der Waals surface area contributed by atoms with Crippen molar-refractivity contribution in [1.82, 2.24) is 34.5 Å². The number of benzene rings is 1. The quantitative estimate of drug-likeness (QED) is 0.275. The van der Waals surface area contributed by atoms with Crippen molar-refractivity contribution in [1.29, 1.82) is 0 Å². The molecule has 1 amide bonds. The van der Waals surface area contributed by atoms with Crippen LogP contribution in [0.2, 0.25) is 0 Å². The van der Waals surface area contributed by atoms with Gasteiger partial charge in [0.2, 0.25) is 11.9 Å². The number of nitrogens with one attached hydrogen (secondary N) is 3. The van der Waals surface area contributed by atoms with E-state index < -0.39 is 11.9 Å². The number of amides is 1. The number of carbonyl (C=O) groups excluding carboxylic acids is 1. The van der Waals surface area contributed by atoms with Gasteiger partial charge >= 0.3 is 0 Å². The number of methoxy groups -OCH3 is 1. The number of H-pyrrole nitrogens is 1. The van der Waals surface area contributed by atoms with E-state index in [0.29, 0.717) is 29.1 Å². The molecule has 12 nitrogen and oxygen atoms in total. The van der Waals surface area contributed by atoms with Gasteiger partial charge in [0.05, 0.1) is 48.5 Å². The first-order valence-electron chi connectivity index (χ1n) is 14.2. The van der Waals surface area contributed by atoms with Crippen molar-refractivity contribution >= 4 is 34.1 Å². The van der Waals surface area contributed by atoms with Crippen molar-refractivity contribution in [2.75, 3.05) is 70.8 Å². The molecular formula is C29H36FN9O3. The SMILES string of the molecule is COC[C@H](C(=O)Nc1cccc2c(-c3nc(Nc4cnn(C5CCCOC5)c4)ncc3F)c[nH]c12)N1CCN(C)CC1. The number of likely N-dealkylation sites (N-methyl/N-ethyl adjacent to an activating group) is 1. The maximum atomic E-state index is 15.1. The third kappa shape index (κ3) is 6.00. The van der Waals surface area contributed by atoms with E-state index in [1.165, 1.54) is 0 Å². The molecule has 222 valence electrons. The molecule has 2 aliphatic heterocycles. The average molecular weight is 578 g/mol. The highest BCUT2D eigenvalue weighted by Crippen LogP contribution is 2.33. The molecule has 13 heteroatoms. The number of hydrogen-bond donors (Lipinski definition) is 3. The summed E-state index contributed by atoms with van der Waals surface area (Å²) in [6, 6.07) is 5.29. The number of rotatable bonds is 9. The minimum absolute atomic E-state index is 0.144. The second-order valence-electron chi connectivity index (χ2n) is 10.8. The lowest BCUT2D eigenvalue weighted by Gasteiger charge is -2.36. The van der Waals surface area contributed by atoms with Crippen molar-refractivity contribution in [2.24, 2.45) is 0 Å². The second-order valence-corrected chi connectivity index (χ2v) is 10.8. The van der Waals surface area contributed by atoms with Gasteiger partial charge in [0, 0.05) is 63.2 Å². The lowest BCUT2D eigenvalue weighted by molar-refractivity contribution is -0.124. The van der Waals surface area contributed by atoms with Gasteiger partial charge in [-0.3, -0.25) is 14.4 Å². The third-order valence-electron chi connectivity index (χ3n) is 7.95. The fourth-order valence-electron chi connectivity index (χ4n) is 5.59. The smallest absolute Gasteiger partial charge is 0.244 e. The Morgan fingerprint density at radius 3 is 2.90 bits per heavy atom. The molecule has 4 aromatic rings. The summed E-state index contributed by atoms with van der Waals surface area (Å²) in [5, 5.41) is 11.4. The fraction of sp³-hybridized carbons (Fsp3) is 0.448. The van der Waals surface area contributed by atoms with Crippen molar-refractivity contribution in [3.63, 3.8) is 0 Å². The van der Waals surface area contributed by atoms with E-state index in [-0.39, 0.29) is 30.2 Å². The number of anilines is 3. The van der Waals surface area contributed by atoms with Crippen LogP contribution in [0.4, 0.5) is 21.7 Å². The van der Waals surface area contributed by atoms with E-state index in [4.69, 9.17) is 9.47 Å². The molecule has 1 unspecified atom stereocenters. The van der Waals surface area contributed by atoms with E-state index in [1.54, 1.807) is 19.5 Å². The van der Waals surface area contributed by atoms with Crippen LogP contribution in [0.5, 0.6) is 0 Å². The minimum atomic E-state index is -0.554. The predicted molar refractivity (Wildman–Crippen MR) is 157 cm³/mol. The molecule has 0 spiro atoms. The summed E-state index contributed by atoms with van der Waals surface area (Å²) in [6.45, 7) is 5.05. The van der Waals surface area contributed by atoms with Gasteiger partial charge in [-0.1, -0.05) is 12.1 Å². The lowest BCUT2D eigenvalue weighted by Crippen LogP contribution is -2.54. The molecule has 2 atom stereocenters. The summed E-state index contributed by atoms with van der Waals surface area (Å²) in [5.74, 6) is -0.453. The van der Waals surface area contributed by atoms with Gasteiger partial charge in [-0.25, -0.2) is 14.4 Å². The number of aromatic nitrogens is 5. The Hall–Kier alpha value is -3.91. The van der Waals surface area contributed by atoms with Crippen LogP contribution in [-0.2, 0) is 14.3 Å². The number of hydrogen-bond acceptors (Lipinski definition) is 9. The van der Waals surface area contributed by atoms with Crippen molar-refractivity contribution < 1.29 is 18.7 Å². The number of nitrogens with zero attached hydrogens (tertiary/aromatic N) is 6. The van der Waals surface area contributed by atoms with E-state index in [1.807, 2.05) is 29.1 Å². The summed E-state index contributed by atoms with van der Waals surface area (Å²) in [7, 11) is 3.68. The Bertz CT molecular complexity index is 1530. The van der Waals surface area contributed by atoms with Gasteiger partial charge in [-0.15, -0.1) is 0 Å². The van der Waals surface area contributed by atoms with E-state index in [0.717, 1.165) is 57.2 Å². The molecule has 0 bridgehead atoms. The monoisotopic (exact) mass is 577 g/mol. The van der Waals surface area contributed by atoms with E-state index in [2.05, 4.69) is 47.5 Å². The normalized spacial score (nSPS) is 19.2. The standard InChI is InChI=1S/C29H36FN9O3/c1-37-8-10-38(11-9-37)25(18-41-2)28(40)35-24-7-3-6-21-22(14-31-27(21)24)26-23(30)15-32-29(36-26)34-19-13-33-39(16-19)20-5-4-12-42-17-20/h3,6-7,13-16,20,25,31H,4-5,8-12,17-18H2,1-2H3,(H,35,40)(H,32,34,36)/t20?,25-/m1/s1. The maximum absolute atomic E-state index is 15.1. The van der Waals surface area contributed by atoms with Crippen LogP contribution in [0.15, 0.2) is 43.0 Å². The molecule has 6 rings (SSSR count). The predicted octanol–water partition coefficient (Wildman–Crippen LogP) is 3.26. The molecule has 3 N–H and O–H groups in total. The van der Waals surface area contributed by atoms with Crippen LogP contribution in [0.3, 0.4) is 0 Å². The fourth-order valence-corrected chi connectivity index (χ4v) is 5.59. The van der Waals surface area contributed by atoms with Crippen molar-refractivity contribution in [3.05, 3.63) is 48.8 Å². The molecule has 42 heavy (non-hydrogen) atoms. The largest absolute Gasteiger partial charge is 0.383 e. The molecule has 2 aliphatic rings. The zero-order valence-corrected chi connectivity index (χ0v) is 23.8. The third-order valence-corrected chi connectivity index (χ3v) is 7.95. The number of para-hydroxylation sites is 1. The zero-order chi connectivity index (χ0) is 29.1. The Kier molecular flexibility index (Phi) is 8.42. The minimum Gasteiger partial charge on any atom is -0.383 e. The summed E-state index contributed by atoms with van der Waals surface area (Å²) in [6.07, 6.45) is 8.43. The number of ether oxygens (including phenoxy) is 2. The highest BCUT2D eigenvalue weighted by Gasteiger charge is 2.29. The number of halogens is 1. The average Bonchev–Trinajstić information content (AvgIpc) is 3.66. The number of piperazine rings is 1. The number of aromatic amines is 1. The van der Waals surface area contributed by atoms with Crippen LogP contribution >= 0.6 is 0 Å². The summed E-state index contributed by atoms with van der Waals surface area (Å²) >= 11 is 0.